The lowest BCUT2D eigenvalue weighted by Gasteiger charge is -2.13. The Balaban J connectivity index is 1.36. The third-order valence-electron chi connectivity index (χ3n) is 5.98. The zero-order chi connectivity index (χ0) is 31.1. The minimum absolute atomic E-state index is 0.0531. The first-order valence-corrected chi connectivity index (χ1v) is 14.0. The van der Waals surface area contributed by atoms with Crippen molar-refractivity contribution < 1.29 is 28.1 Å². The molecule has 1 aromatic heterocycles. The van der Waals surface area contributed by atoms with Crippen molar-refractivity contribution in [2.45, 2.75) is 6.54 Å². The van der Waals surface area contributed by atoms with Crippen LogP contribution in [0.4, 0.5) is 15.8 Å². The van der Waals surface area contributed by atoms with Crippen molar-refractivity contribution in [3.63, 3.8) is 0 Å². The van der Waals surface area contributed by atoms with Gasteiger partial charge in [0.25, 0.3) is 17.5 Å². The predicted molar refractivity (Wildman–Crippen MR) is 165 cm³/mol. The van der Waals surface area contributed by atoms with Crippen LogP contribution in [0.15, 0.2) is 105 Å². The topological polar surface area (TPSA) is 140 Å². The number of carbonyl (C=O) groups is 2. The molecule has 222 valence electrons. The lowest BCUT2D eigenvalue weighted by molar-refractivity contribution is -0.384. The summed E-state index contributed by atoms with van der Waals surface area (Å²) < 4.78 is 24.3. The van der Waals surface area contributed by atoms with E-state index in [-0.39, 0.29) is 34.8 Å². The zero-order valence-corrected chi connectivity index (χ0v) is 24.1. The molecule has 2 amide bonds. The van der Waals surface area contributed by atoms with Crippen LogP contribution >= 0.6 is 23.4 Å². The van der Waals surface area contributed by atoms with Gasteiger partial charge in [-0.2, -0.15) is 5.10 Å². The van der Waals surface area contributed by atoms with Crippen molar-refractivity contribution >= 4 is 64.0 Å². The number of nitrogens with one attached hydrogen (secondary N) is 1. The molecule has 1 fully saturated rings. The van der Waals surface area contributed by atoms with Gasteiger partial charge < -0.3 is 14.5 Å². The minimum Gasteiger partial charge on any atom is -0.483 e. The summed E-state index contributed by atoms with van der Waals surface area (Å²) in [6.07, 6.45) is 4.48. The van der Waals surface area contributed by atoms with Crippen LogP contribution < -0.4 is 10.1 Å². The first-order valence-electron chi connectivity index (χ1n) is 12.8. The van der Waals surface area contributed by atoms with E-state index < -0.39 is 16.6 Å². The van der Waals surface area contributed by atoms with E-state index in [2.05, 4.69) is 15.5 Å². The second-order valence-corrected chi connectivity index (χ2v) is 10.5. The van der Waals surface area contributed by atoms with Gasteiger partial charge in [-0.3, -0.25) is 24.6 Å². The van der Waals surface area contributed by atoms with Crippen LogP contribution in [0, 0.1) is 15.9 Å². The lowest BCUT2D eigenvalue weighted by Crippen LogP contribution is -2.28. The fourth-order valence-corrected chi connectivity index (χ4v) is 4.99. The molecule has 5 rings (SSSR count). The van der Waals surface area contributed by atoms with Crippen LogP contribution in [0.1, 0.15) is 16.9 Å². The number of carbonyl (C=O) groups excluding carboxylic acids is 2. The highest BCUT2D eigenvalue weighted by Crippen LogP contribution is 2.36. The molecule has 0 saturated carbocycles. The number of hydrogen-bond acceptors (Lipinski definition) is 9. The maximum Gasteiger partial charge on any atom is 0.269 e. The third-order valence-corrected chi connectivity index (χ3v) is 7.21. The summed E-state index contributed by atoms with van der Waals surface area (Å²) >= 11 is 7.30. The van der Waals surface area contributed by atoms with Gasteiger partial charge in [-0.25, -0.2) is 4.39 Å². The van der Waals surface area contributed by atoms with Gasteiger partial charge in [-0.15, -0.1) is 5.10 Å². The number of ether oxygens (including phenoxy) is 1. The Bertz CT molecular complexity index is 1780. The molecule has 1 aliphatic rings. The molecule has 1 saturated heterocycles. The molecule has 2 heterocycles. The van der Waals surface area contributed by atoms with Crippen molar-refractivity contribution in [2.24, 2.45) is 10.2 Å². The molecule has 0 unspecified atom stereocenters. The van der Waals surface area contributed by atoms with Crippen LogP contribution in [0.5, 0.6) is 5.75 Å². The van der Waals surface area contributed by atoms with E-state index in [9.17, 15) is 24.1 Å². The van der Waals surface area contributed by atoms with Gasteiger partial charge in [0.1, 0.15) is 17.3 Å². The minimum atomic E-state index is -0.499. The SMILES string of the molecule is O=C(COc1ccc(Cl)cc1/C=C1\S/C(=N/N=C\c2ccc([N+](=O)[O-])cc2)N(Cc2ccco2)C1=O)Nc1ccc(F)cc1. The van der Waals surface area contributed by atoms with E-state index in [0.717, 1.165) is 11.8 Å². The average molecular weight is 634 g/mol. The molecular weight excluding hydrogens is 613 g/mol. The van der Waals surface area contributed by atoms with Gasteiger partial charge >= 0.3 is 0 Å². The Morgan fingerprint density at radius 1 is 1.14 bits per heavy atom. The van der Waals surface area contributed by atoms with Gasteiger partial charge in [0.15, 0.2) is 11.8 Å². The molecule has 4 aromatic rings. The van der Waals surface area contributed by atoms with Crippen molar-refractivity contribution in [2.75, 3.05) is 11.9 Å². The maximum atomic E-state index is 13.5. The summed E-state index contributed by atoms with van der Waals surface area (Å²) in [5, 5.41) is 22.5. The molecule has 0 aliphatic carbocycles. The van der Waals surface area contributed by atoms with Crippen molar-refractivity contribution in [1.82, 2.24) is 4.90 Å². The van der Waals surface area contributed by atoms with Crippen LogP contribution in [0.3, 0.4) is 0 Å². The Labute approximate surface area is 258 Å². The van der Waals surface area contributed by atoms with E-state index >= 15 is 0 Å². The van der Waals surface area contributed by atoms with E-state index in [1.165, 1.54) is 65.9 Å². The van der Waals surface area contributed by atoms with Crippen molar-refractivity contribution in [1.29, 1.82) is 0 Å². The summed E-state index contributed by atoms with van der Waals surface area (Å²) in [7, 11) is 0. The number of amidine groups is 1. The first-order chi connectivity index (χ1) is 21.2. The Kier molecular flexibility index (Phi) is 9.47. The largest absolute Gasteiger partial charge is 0.483 e. The predicted octanol–water partition coefficient (Wildman–Crippen LogP) is 6.50. The second-order valence-electron chi connectivity index (χ2n) is 9.08. The van der Waals surface area contributed by atoms with Crippen molar-refractivity contribution in [3.05, 3.63) is 128 Å². The second kappa shape index (κ2) is 13.8. The number of anilines is 1. The molecule has 14 heteroatoms. The summed E-state index contributed by atoms with van der Waals surface area (Å²) in [5.41, 5.74) is 1.37. The third kappa shape index (κ3) is 7.76. The average Bonchev–Trinajstić information content (AvgIpc) is 3.62. The number of furan rings is 1. The molecule has 1 aliphatic heterocycles. The lowest BCUT2D eigenvalue weighted by atomic mass is 10.2. The van der Waals surface area contributed by atoms with Crippen LogP contribution in [0.2, 0.25) is 5.02 Å². The number of rotatable bonds is 10. The van der Waals surface area contributed by atoms with Gasteiger partial charge in [0.05, 0.1) is 28.9 Å². The molecule has 0 atom stereocenters. The standard InChI is InChI=1S/C30H21ClFN5O6S/c31-21-5-12-26(43-18-28(38)34-23-8-6-22(32)7-9-23)20(14-21)15-27-29(39)36(17-25-2-1-13-42-25)30(44-27)35-33-16-19-3-10-24(11-4-19)37(40)41/h1-16H,17-18H2,(H,34,38)/b27-15-,33-16-,35-30+. The highest BCUT2D eigenvalue weighted by molar-refractivity contribution is 8.18. The highest BCUT2D eigenvalue weighted by atomic mass is 35.5. The number of hydrogen-bond donors (Lipinski definition) is 1. The number of amides is 2. The normalized spacial score (nSPS) is 15.0. The zero-order valence-electron chi connectivity index (χ0n) is 22.6. The Morgan fingerprint density at radius 3 is 2.61 bits per heavy atom. The number of nitrogens with zero attached hydrogens (tertiary/aromatic N) is 4. The van der Waals surface area contributed by atoms with Gasteiger partial charge in [0, 0.05) is 28.4 Å². The van der Waals surface area contributed by atoms with E-state index in [4.69, 9.17) is 20.8 Å². The van der Waals surface area contributed by atoms with Gasteiger partial charge in [-0.1, -0.05) is 11.6 Å². The monoisotopic (exact) mass is 633 g/mol. The quantitative estimate of drug-likeness (QED) is 0.0909. The molecule has 0 spiro atoms. The molecule has 0 bridgehead atoms. The molecule has 3 aromatic carbocycles. The molecule has 1 N–H and O–H groups in total. The maximum absolute atomic E-state index is 13.5. The number of halogens is 2. The first kappa shape index (κ1) is 30.2. The molecular formula is C30H21ClFN5O6S. The Hall–Kier alpha value is -5.27. The summed E-state index contributed by atoms with van der Waals surface area (Å²) in [6.45, 7) is -0.268. The fourth-order valence-electron chi connectivity index (χ4n) is 3.89. The smallest absolute Gasteiger partial charge is 0.269 e. The molecule has 11 nitrogen and oxygen atoms in total. The Morgan fingerprint density at radius 2 is 1.91 bits per heavy atom. The number of non-ortho nitro benzene ring substituents is 1. The van der Waals surface area contributed by atoms with E-state index in [0.29, 0.717) is 33.3 Å². The summed E-state index contributed by atoms with van der Waals surface area (Å²) in [6, 6.07) is 19.2. The molecule has 44 heavy (non-hydrogen) atoms. The van der Waals surface area contributed by atoms with Gasteiger partial charge in [-0.05, 0) is 90.1 Å². The summed E-state index contributed by atoms with van der Waals surface area (Å²) in [4.78, 5) is 38.0. The van der Waals surface area contributed by atoms with Crippen LogP contribution in [-0.2, 0) is 16.1 Å². The number of nitro benzene ring substituents is 1. The van der Waals surface area contributed by atoms with Crippen molar-refractivity contribution in [3.8, 4) is 5.75 Å². The molecule has 0 radical (unpaired) electrons. The van der Waals surface area contributed by atoms with E-state index in [1.807, 2.05) is 0 Å². The summed E-state index contributed by atoms with van der Waals surface area (Å²) in [5.74, 6) is -0.461. The number of benzene rings is 3. The van der Waals surface area contributed by atoms with Gasteiger partial charge in [0.2, 0.25) is 0 Å². The van der Waals surface area contributed by atoms with E-state index in [1.54, 1.807) is 36.4 Å². The van der Waals surface area contributed by atoms with Crippen LogP contribution in [-0.4, -0.2) is 39.6 Å². The fraction of sp³-hybridized carbons (Fsp3) is 0.0667. The van der Waals surface area contributed by atoms with Crippen LogP contribution in [0.25, 0.3) is 6.08 Å². The number of nitro groups is 1. The highest BCUT2D eigenvalue weighted by Gasteiger charge is 2.34. The number of thioether (sulfide) groups is 1.